The van der Waals surface area contributed by atoms with Crippen molar-refractivity contribution in [2.75, 3.05) is 66.0 Å². The van der Waals surface area contributed by atoms with Gasteiger partial charge in [-0.3, -0.25) is 14.6 Å². The van der Waals surface area contributed by atoms with Crippen molar-refractivity contribution < 1.29 is 39.1 Å². The lowest BCUT2D eigenvalue weighted by atomic mass is 9.49. The number of aromatic nitrogens is 1. The van der Waals surface area contributed by atoms with Crippen LogP contribution < -0.4 is 9.64 Å². The molecule has 12 heteroatoms. The number of nitrogens with zero attached hydrogens (tertiary/aromatic N) is 3. The number of H-pyrrole nitrogens is 1. The van der Waals surface area contributed by atoms with Crippen molar-refractivity contribution in [1.82, 2.24) is 14.8 Å². The zero-order valence-corrected chi connectivity index (χ0v) is 33.4. The number of nitrogens with one attached hydrogen (secondary N) is 1. The molecule has 300 valence electrons. The fourth-order valence-corrected chi connectivity index (χ4v) is 13.1. The lowest BCUT2D eigenvalue weighted by Gasteiger charge is -2.60. The van der Waals surface area contributed by atoms with Crippen molar-refractivity contribution in [2.24, 2.45) is 11.3 Å². The van der Waals surface area contributed by atoms with E-state index in [1.54, 1.807) is 7.11 Å². The molecule has 10 atom stereocenters. The Labute approximate surface area is 328 Å². The molecule has 1 saturated carbocycles. The third-order valence-electron chi connectivity index (χ3n) is 15.4. The van der Waals surface area contributed by atoms with Gasteiger partial charge in [-0.1, -0.05) is 44.2 Å². The van der Waals surface area contributed by atoms with Gasteiger partial charge in [-0.25, -0.2) is 4.79 Å². The summed E-state index contributed by atoms with van der Waals surface area (Å²) in [4.78, 5) is 39.7. The van der Waals surface area contributed by atoms with E-state index in [9.17, 15) is 20.1 Å². The summed E-state index contributed by atoms with van der Waals surface area (Å²) in [6.45, 7) is 7.01. The van der Waals surface area contributed by atoms with Crippen molar-refractivity contribution >= 4 is 28.5 Å². The molecule has 12 nitrogen and oxygen atoms in total. The maximum atomic E-state index is 15.2. The van der Waals surface area contributed by atoms with Gasteiger partial charge in [0.15, 0.2) is 5.60 Å². The number of carbonyl (C=O) groups excluding carboxylic acids is 2. The van der Waals surface area contributed by atoms with E-state index in [4.69, 9.17) is 14.2 Å². The minimum Gasteiger partial charge on any atom is -0.496 e. The number of carbonyl (C=O) groups is 2. The number of aliphatic hydroxyl groups excluding tert-OH is 1. The molecule has 9 rings (SSSR count). The van der Waals surface area contributed by atoms with Crippen LogP contribution in [-0.4, -0.2) is 133 Å². The Kier molecular flexibility index (Phi) is 8.59. The second-order valence-electron chi connectivity index (χ2n) is 17.6. The minimum atomic E-state index is -1.84. The molecule has 1 aromatic heterocycles. The van der Waals surface area contributed by atoms with E-state index >= 15 is 4.79 Å². The van der Waals surface area contributed by atoms with Crippen LogP contribution in [0.5, 0.6) is 5.75 Å². The number of ether oxygens (including phenoxy) is 3. The number of hydrogen-bond acceptors (Lipinski definition) is 11. The number of aromatic amines is 1. The Morgan fingerprint density at radius 3 is 2.46 bits per heavy atom. The molecule has 6 heterocycles. The van der Waals surface area contributed by atoms with E-state index in [0.29, 0.717) is 62.3 Å². The average Bonchev–Trinajstić information content (AvgIpc) is 3.87. The van der Waals surface area contributed by atoms with Crippen molar-refractivity contribution in [3.63, 3.8) is 0 Å². The fourth-order valence-electron chi connectivity index (χ4n) is 13.1. The molecular formula is C44H56N4O8. The van der Waals surface area contributed by atoms with Gasteiger partial charge in [-0.05, 0) is 68.3 Å². The molecule has 4 N–H and O–H groups in total. The predicted molar refractivity (Wildman–Crippen MR) is 211 cm³/mol. The quantitative estimate of drug-likeness (QED) is 0.216. The first-order valence-corrected chi connectivity index (χ1v) is 20.3. The number of benzene rings is 2. The van der Waals surface area contributed by atoms with Crippen LogP contribution in [0.15, 0.2) is 48.6 Å². The largest absolute Gasteiger partial charge is 0.496 e. The highest BCUT2D eigenvalue weighted by atomic mass is 16.5. The zero-order valence-electron chi connectivity index (χ0n) is 33.4. The molecule has 2 saturated heterocycles. The number of fused-ring (bicyclic) bond motifs is 6. The highest BCUT2D eigenvalue weighted by molar-refractivity contribution is 5.94. The SMILES string of the molecule is CC[C@@]1(O)CN2CCc3c([nH]c4ccccc34)[C@@](C(=O)OC)(c3cc4c(cc3OC)N(C)[C@@H]3[C@]45CCN4CC=C[C@@](CC)(C[C@]3(O)C(=O)OC)[C@H]45)C[C@H](C2)[C@@H]1O. The maximum Gasteiger partial charge on any atom is 0.340 e. The molecule has 6 aliphatic rings. The van der Waals surface area contributed by atoms with E-state index < -0.39 is 57.4 Å². The molecule has 0 radical (unpaired) electrons. The van der Waals surface area contributed by atoms with Crippen LogP contribution in [-0.2, 0) is 36.3 Å². The smallest absolute Gasteiger partial charge is 0.340 e. The van der Waals surface area contributed by atoms with Gasteiger partial charge < -0.3 is 39.4 Å². The molecule has 2 aromatic carbocycles. The van der Waals surface area contributed by atoms with Crippen LogP contribution in [0.2, 0.25) is 0 Å². The van der Waals surface area contributed by atoms with Crippen LogP contribution >= 0.6 is 0 Å². The summed E-state index contributed by atoms with van der Waals surface area (Å²) in [6.07, 6.45) is 5.98. The Morgan fingerprint density at radius 2 is 1.75 bits per heavy atom. The molecule has 1 spiro atoms. The number of aliphatic hydroxyl groups is 3. The molecule has 3 aromatic rings. The molecule has 1 unspecified atom stereocenters. The summed E-state index contributed by atoms with van der Waals surface area (Å²) in [7, 11) is 6.29. The van der Waals surface area contributed by atoms with Gasteiger partial charge in [0, 0.05) is 89.9 Å². The third kappa shape index (κ3) is 4.64. The molecule has 1 aliphatic carbocycles. The first-order chi connectivity index (χ1) is 26.8. The van der Waals surface area contributed by atoms with Gasteiger partial charge >= 0.3 is 11.9 Å². The Morgan fingerprint density at radius 1 is 0.982 bits per heavy atom. The molecule has 2 bridgehead atoms. The summed E-state index contributed by atoms with van der Waals surface area (Å²) in [6, 6.07) is 11.4. The van der Waals surface area contributed by atoms with Crippen LogP contribution in [0.1, 0.15) is 68.3 Å². The van der Waals surface area contributed by atoms with Gasteiger partial charge in [-0.15, -0.1) is 0 Å². The lowest BCUT2D eigenvalue weighted by molar-refractivity contribution is -0.181. The summed E-state index contributed by atoms with van der Waals surface area (Å²) in [5, 5.41) is 37.9. The van der Waals surface area contributed by atoms with Crippen LogP contribution in [0, 0.1) is 11.3 Å². The number of rotatable bonds is 6. The molecule has 3 fully saturated rings. The van der Waals surface area contributed by atoms with E-state index in [1.165, 1.54) is 14.2 Å². The highest BCUT2D eigenvalue weighted by Gasteiger charge is 2.75. The first kappa shape index (κ1) is 37.6. The van der Waals surface area contributed by atoms with Crippen molar-refractivity contribution in [1.29, 1.82) is 0 Å². The number of piperidine rings is 1. The lowest BCUT2D eigenvalue weighted by Crippen LogP contribution is -2.74. The molecule has 56 heavy (non-hydrogen) atoms. The Balaban J connectivity index is 1.36. The standard InChI is InChI=1S/C44H56N4O8/c1-7-40-15-11-17-48-19-16-42(36(40)48)29-20-30(33(54-4)21-32(29)46(3)37(42)44(53,24-40)39(51)56-6)43(38(50)55-5)22-26-23-47(25-41(52,8-2)35(26)49)18-14-28-27-12-9-10-13-31(27)45-34(28)43/h9-13,15,20-21,26,35-37,45,49,52-53H,7-8,14,16-19,22-25H2,1-6H3/t26-,35+,36+,37-,40+,41-,42-,43+,44-/m1/s1. The average molecular weight is 769 g/mol. The van der Waals surface area contributed by atoms with Crippen molar-refractivity contribution in [3.8, 4) is 5.75 Å². The number of anilines is 1. The number of para-hydroxylation sites is 1. The van der Waals surface area contributed by atoms with Crippen LogP contribution in [0.25, 0.3) is 10.9 Å². The van der Waals surface area contributed by atoms with Gasteiger partial charge in [-0.2, -0.15) is 0 Å². The number of methoxy groups -OCH3 is 3. The van der Waals surface area contributed by atoms with Gasteiger partial charge in [0.1, 0.15) is 16.8 Å². The van der Waals surface area contributed by atoms with Crippen LogP contribution in [0.4, 0.5) is 5.69 Å². The summed E-state index contributed by atoms with van der Waals surface area (Å²) >= 11 is 0. The van der Waals surface area contributed by atoms with E-state index in [1.807, 2.05) is 43.1 Å². The fraction of sp³-hybridized carbons (Fsp3) is 0.591. The first-order valence-electron chi connectivity index (χ1n) is 20.3. The number of esters is 2. The number of hydrogen-bond donors (Lipinski definition) is 4. The second kappa shape index (κ2) is 12.8. The molecule has 0 amide bonds. The Hall–Kier alpha value is -3.94. The van der Waals surface area contributed by atoms with Crippen molar-refractivity contribution in [2.45, 2.75) is 92.6 Å². The molecular weight excluding hydrogens is 713 g/mol. The van der Waals surface area contributed by atoms with Gasteiger partial charge in [0.25, 0.3) is 0 Å². The topological polar surface area (TPSA) is 148 Å². The van der Waals surface area contributed by atoms with Gasteiger partial charge in [0.05, 0.1) is 33.5 Å². The predicted octanol–water partition coefficient (Wildman–Crippen LogP) is 3.42. The third-order valence-corrected chi connectivity index (χ3v) is 15.4. The molecule has 5 aliphatic heterocycles. The van der Waals surface area contributed by atoms with E-state index in [-0.39, 0.29) is 18.9 Å². The Bertz CT molecular complexity index is 2140. The summed E-state index contributed by atoms with van der Waals surface area (Å²) in [5.74, 6) is -1.22. The number of likely N-dealkylation sites (N-methyl/N-ethyl adjacent to an activating group) is 1. The van der Waals surface area contributed by atoms with E-state index in [2.05, 4.69) is 46.0 Å². The minimum absolute atomic E-state index is 0.0450. The second-order valence-corrected chi connectivity index (χ2v) is 17.6. The van der Waals surface area contributed by atoms with E-state index in [0.717, 1.165) is 40.8 Å². The zero-order chi connectivity index (χ0) is 39.6. The normalized spacial score (nSPS) is 38.4. The summed E-state index contributed by atoms with van der Waals surface area (Å²) in [5.41, 5.74) is -1.08. The highest BCUT2D eigenvalue weighted by Crippen LogP contribution is 2.67. The van der Waals surface area contributed by atoms with Crippen LogP contribution in [0.3, 0.4) is 0 Å². The maximum absolute atomic E-state index is 15.2. The monoisotopic (exact) mass is 768 g/mol. The van der Waals surface area contributed by atoms with Gasteiger partial charge in [0.2, 0.25) is 0 Å². The summed E-state index contributed by atoms with van der Waals surface area (Å²) < 4.78 is 17.7. The van der Waals surface area contributed by atoms with Crippen molar-refractivity contribution in [3.05, 3.63) is 70.9 Å².